The number of aromatic amines is 1. The predicted octanol–water partition coefficient (Wildman–Crippen LogP) is 1.78. The van der Waals surface area contributed by atoms with Gasteiger partial charge in [-0.2, -0.15) is 5.10 Å². The SMILES string of the molecule is O=S(=O)(NCc1cccc(CBr)c1)c1cn[nH]c1. The third-order valence-corrected chi connectivity index (χ3v) is 4.41. The van der Waals surface area contributed by atoms with Gasteiger partial charge in [0.25, 0.3) is 0 Å². The van der Waals surface area contributed by atoms with Crippen LogP contribution in [-0.4, -0.2) is 18.6 Å². The predicted molar refractivity (Wildman–Crippen MR) is 71.7 cm³/mol. The maximum atomic E-state index is 11.8. The molecule has 18 heavy (non-hydrogen) atoms. The van der Waals surface area contributed by atoms with Crippen molar-refractivity contribution in [3.8, 4) is 0 Å². The Morgan fingerprint density at radius 2 is 2.11 bits per heavy atom. The highest BCUT2D eigenvalue weighted by Crippen LogP contribution is 2.10. The molecule has 0 amide bonds. The fraction of sp³-hybridized carbons (Fsp3) is 0.182. The van der Waals surface area contributed by atoms with Crippen molar-refractivity contribution in [1.29, 1.82) is 0 Å². The Hall–Kier alpha value is -1.18. The van der Waals surface area contributed by atoms with Gasteiger partial charge in [0.1, 0.15) is 4.90 Å². The van der Waals surface area contributed by atoms with Crippen LogP contribution >= 0.6 is 15.9 Å². The fourth-order valence-corrected chi connectivity index (χ4v) is 2.74. The molecule has 0 saturated heterocycles. The number of hydrogen-bond donors (Lipinski definition) is 2. The van der Waals surface area contributed by atoms with Crippen LogP contribution in [-0.2, 0) is 21.9 Å². The number of hydrogen-bond acceptors (Lipinski definition) is 3. The average molecular weight is 330 g/mol. The van der Waals surface area contributed by atoms with Crippen molar-refractivity contribution in [2.75, 3.05) is 0 Å². The lowest BCUT2D eigenvalue weighted by Crippen LogP contribution is -2.22. The zero-order chi connectivity index (χ0) is 13.0. The Kier molecular flexibility index (Phi) is 4.15. The molecule has 0 aliphatic rings. The molecular formula is C11H12BrN3O2S. The minimum absolute atomic E-state index is 0.138. The lowest BCUT2D eigenvalue weighted by molar-refractivity contribution is 0.581. The highest BCUT2D eigenvalue weighted by molar-refractivity contribution is 9.08. The van der Waals surface area contributed by atoms with Gasteiger partial charge in [0.2, 0.25) is 10.0 Å². The number of rotatable bonds is 5. The molecule has 1 heterocycles. The van der Waals surface area contributed by atoms with E-state index in [2.05, 4.69) is 30.8 Å². The molecule has 1 aromatic carbocycles. The minimum atomic E-state index is -3.49. The molecule has 0 spiro atoms. The summed E-state index contributed by atoms with van der Waals surface area (Å²) in [7, 11) is -3.49. The number of halogens is 1. The van der Waals surface area contributed by atoms with Gasteiger partial charge in [0.05, 0.1) is 6.20 Å². The lowest BCUT2D eigenvalue weighted by Gasteiger charge is -2.05. The first-order valence-corrected chi connectivity index (χ1v) is 7.84. The van der Waals surface area contributed by atoms with Gasteiger partial charge in [-0.25, -0.2) is 13.1 Å². The van der Waals surface area contributed by atoms with Crippen LogP contribution < -0.4 is 4.72 Å². The normalized spacial score (nSPS) is 11.6. The summed E-state index contributed by atoms with van der Waals surface area (Å²) in [5.41, 5.74) is 2.02. The summed E-state index contributed by atoms with van der Waals surface area (Å²) < 4.78 is 26.2. The molecule has 0 saturated carbocycles. The van der Waals surface area contributed by atoms with E-state index in [0.29, 0.717) is 0 Å². The van der Waals surface area contributed by atoms with Gasteiger partial charge in [-0.15, -0.1) is 0 Å². The van der Waals surface area contributed by atoms with Crippen LogP contribution in [0.2, 0.25) is 0 Å². The largest absolute Gasteiger partial charge is 0.284 e. The Balaban J connectivity index is 2.07. The van der Waals surface area contributed by atoms with Crippen LogP contribution in [0, 0.1) is 0 Å². The molecule has 0 atom stereocenters. The lowest BCUT2D eigenvalue weighted by atomic mass is 10.1. The number of H-pyrrole nitrogens is 1. The Morgan fingerprint density at radius 3 is 2.78 bits per heavy atom. The van der Waals surface area contributed by atoms with E-state index in [1.54, 1.807) is 0 Å². The second-order valence-corrected chi connectivity index (χ2v) is 6.04. The van der Waals surface area contributed by atoms with Crippen molar-refractivity contribution in [3.63, 3.8) is 0 Å². The molecule has 0 unspecified atom stereocenters. The molecule has 0 radical (unpaired) electrons. The van der Waals surface area contributed by atoms with Crippen molar-refractivity contribution < 1.29 is 8.42 Å². The zero-order valence-corrected chi connectivity index (χ0v) is 11.8. The van der Waals surface area contributed by atoms with Gasteiger partial charge in [-0.3, -0.25) is 5.10 Å². The van der Waals surface area contributed by atoms with Gasteiger partial charge in [-0.1, -0.05) is 40.2 Å². The summed E-state index contributed by atoms with van der Waals surface area (Å²) in [5.74, 6) is 0. The van der Waals surface area contributed by atoms with E-state index >= 15 is 0 Å². The van der Waals surface area contributed by atoms with Crippen LogP contribution in [0.15, 0.2) is 41.6 Å². The third kappa shape index (κ3) is 3.18. The summed E-state index contributed by atoms with van der Waals surface area (Å²) in [6, 6.07) is 7.71. The second-order valence-electron chi connectivity index (χ2n) is 3.71. The molecule has 2 N–H and O–H groups in total. The summed E-state index contributed by atoms with van der Waals surface area (Å²) in [6.45, 7) is 0.258. The summed E-state index contributed by atoms with van der Waals surface area (Å²) in [6.07, 6.45) is 2.62. The summed E-state index contributed by atoms with van der Waals surface area (Å²) >= 11 is 3.36. The number of nitrogens with zero attached hydrogens (tertiary/aromatic N) is 1. The van der Waals surface area contributed by atoms with Gasteiger partial charge < -0.3 is 0 Å². The quantitative estimate of drug-likeness (QED) is 0.821. The molecule has 0 fully saturated rings. The molecule has 96 valence electrons. The fourth-order valence-electron chi connectivity index (χ4n) is 1.47. The number of nitrogens with one attached hydrogen (secondary N) is 2. The highest BCUT2D eigenvalue weighted by Gasteiger charge is 2.14. The maximum Gasteiger partial charge on any atom is 0.243 e. The van der Waals surface area contributed by atoms with E-state index in [-0.39, 0.29) is 11.4 Å². The van der Waals surface area contributed by atoms with Gasteiger partial charge in [-0.05, 0) is 11.1 Å². The van der Waals surface area contributed by atoms with E-state index in [4.69, 9.17) is 0 Å². The van der Waals surface area contributed by atoms with Gasteiger partial charge in [0.15, 0.2) is 0 Å². The van der Waals surface area contributed by atoms with Crippen molar-refractivity contribution in [3.05, 3.63) is 47.8 Å². The third-order valence-electron chi connectivity index (χ3n) is 2.40. The number of alkyl halides is 1. The average Bonchev–Trinajstić information content (AvgIpc) is 2.91. The molecule has 5 nitrogen and oxygen atoms in total. The van der Waals surface area contributed by atoms with Crippen molar-refractivity contribution in [1.82, 2.24) is 14.9 Å². The highest BCUT2D eigenvalue weighted by atomic mass is 79.9. The Bertz CT molecular complexity index is 611. The number of sulfonamides is 1. The molecule has 2 aromatic rings. The number of benzene rings is 1. The Labute approximate surface area is 114 Å². The standard InChI is InChI=1S/C11H12BrN3O2S/c12-5-9-2-1-3-10(4-9)6-15-18(16,17)11-7-13-14-8-11/h1-4,7-8,15H,5-6H2,(H,13,14). The molecule has 0 aliphatic carbocycles. The first-order valence-electron chi connectivity index (χ1n) is 5.24. The van der Waals surface area contributed by atoms with E-state index in [9.17, 15) is 8.42 Å². The summed E-state index contributed by atoms with van der Waals surface area (Å²) in [4.78, 5) is 0.138. The first kappa shape index (κ1) is 13.3. The first-order chi connectivity index (χ1) is 8.62. The van der Waals surface area contributed by atoms with Crippen LogP contribution in [0.25, 0.3) is 0 Å². The van der Waals surface area contributed by atoms with Crippen LogP contribution in [0.1, 0.15) is 11.1 Å². The molecule has 1 aromatic heterocycles. The molecule has 7 heteroatoms. The second kappa shape index (κ2) is 5.64. The van der Waals surface area contributed by atoms with Gasteiger partial charge >= 0.3 is 0 Å². The maximum absolute atomic E-state index is 11.8. The van der Waals surface area contributed by atoms with Crippen LogP contribution in [0.4, 0.5) is 0 Å². The minimum Gasteiger partial charge on any atom is -0.284 e. The number of aromatic nitrogens is 2. The summed E-state index contributed by atoms with van der Waals surface area (Å²) in [5, 5.41) is 6.84. The molecule has 2 rings (SSSR count). The molecule has 0 bridgehead atoms. The van der Waals surface area contributed by atoms with Crippen molar-refractivity contribution >= 4 is 26.0 Å². The van der Waals surface area contributed by atoms with E-state index in [0.717, 1.165) is 16.5 Å². The Morgan fingerprint density at radius 1 is 1.33 bits per heavy atom. The molecular weight excluding hydrogens is 318 g/mol. The zero-order valence-electron chi connectivity index (χ0n) is 9.43. The van der Waals surface area contributed by atoms with E-state index in [1.165, 1.54) is 12.4 Å². The van der Waals surface area contributed by atoms with E-state index in [1.807, 2.05) is 24.3 Å². The van der Waals surface area contributed by atoms with Crippen molar-refractivity contribution in [2.45, 2.75) is 16.8 Å². The van der Waals surface area contributed by atoms with Crippen molar-refractivity contribution in [2.24, 2.45) is 0 Å². The monoisotopic (exact) mass is 329 g/mol. The van der Waals surface area contributed by atoms with E-state index < -0.39 is 10.0 Å². The van der Waals surface area contributed by atoms with Gasteiger partial charge in [0, 0.05) is 18.1 Å². The van der Waals surface area contributed by atoms with Crippen LogP contribution in [0.5, 0.6) is 0 Å². The topological polar surface area (TPSA) is 74.8 Å². The van der Waals surface area contributed by atoms with Crippen LogP contribution in [0.3, 0.4) is 0 Å². The molecule has 0 aliphatic heterocycles. The smallest absolute Gasteiger partial charge is 0.243 e.